The van der Waals surface area contributed by atoms with Gasteiger partial charge in [-0.2, -0.15) is 5.10 Å². The van der Waals surface area contributed by atoms with E-state index in [-0.39, 0.29) is 16.5 Å². The molecule has 0 radical (unpaired) electrons. The van der Waals surface area contributed by atoms with Crippen molar-refractivity contribution in [3.8, 4) is 5.75 Å². The normalized spacial score (nSPS) is 10.2. The molecule has 1 amide bonds. The SMILES string of the molecule is COc1c(Cl)cc(Cl)cc1NC(=O)c1ccc(=O)[nH]n1. The molecule has 0 saturated heterocycles. The minimum absolute atomic E-state index is 0.0442. The molecule has 0 fully saturated rings. The van der Waals surface area contributed by atoms with Gasteiger partial charge >= 0.3 is 0 Å². The van der Waals surface area contributed by atoms with Gasteiger partial charge in [-0.25, -0.2) is 5.10 Å². The molecule has 1 aromatic heterocycles. The number of carbonyl (C=O) groups excluding carboxylic acids is 1. The van der Waals surface area contributed by atoms with Gasteiger partial charge in [0, 0.05) is 11.1 Å². The maximum atomic E-state index is 12.0. The Morgan fingerprint density at radius 1 is 1.35 bits per heavy atom. The topological polar surface area (TPSA) is 84.1 Å². The second-order valence-corrected chi connectivity index (χ2v) is 4.57. The molecular formula is C12H9Cl2N3O3. The molecule has 0 spiro atoms. The van der Waals surface area contributed by atoms with Gasteiger partial charge in [0.15, 0.2) is 5.75 Å². The van der Waals surface area contributed by atoms with Gasteiger partial charge in [0.05, 0.1) is 17.8 Å². The summed E-state index contributed by atoms with van der Waals surface area (Å²) in [5, 5.41) is 8.96. The monoisotopic (exact) mass is 313 g/mol. The van der Waals surface area contributed by atoms with Gasteiger partial charge in [-0.15, -0.1) is 0 Å². The van der Waals surface area contributed by atoms with Crippen molar-refractivity contribution in [3.05, 3.63) is 50.4 Å². The minimum atomic E-state index is -0.530. The molecular weight excluding hydrogens is 305 g/mol. The number of carbonyl (C=O) groups is 1. The van der Waals surface area contributed by atoms with Crippen molar-refractivity contribution in [3.63, 3.8) is 0 Å². The number of rotatable bonds is 3. The predicted octanol–water partition coefficient (Wildman–Crippen LogP) is 2.34. The summed E-state index contributed by atoms with van der Waals surface area (Å²) in [6.07, 6.45) is 0. The lowest BCUT2D eigenvalue weighted by Crippen LogP contribution is -2.17. The summed E-state index contributed by atoms with van der Waals surface area (Å²) in [6, 6.07) is 5.49. The lowest BCUT2D eigenvalue weighted by molar-refractivity contribution is 0.102. The van der Waals surface area contributed by atoms with Crippen molar-refractivity contribution >= 4 is 34.8 Å². The van der Waals surface area contributed by atoms with E-state index in [0.29, 0.717) is 10.7 Å². The molecule has 0 atom stereocenters. The second kappa shape index (κ2) is 5.94. The van der Waals surface area contributed by atoms with Gasteiger partial charge < -0.3 is 10.1 Å². The highest BCUT2D eigenvalue weighted by atomic mass is 35.5. The van der Waals surface area contributed by atoms with Crippen molar-refractivity contribution in [1.29, 1.82) is 0 Å². The van der Waals surface area contributed by atoms with Crippen LogP contribution in [0, 0.1) is 0 Å². The van der Waals surface area contributed by atoms with Gasteiger partial charge in [0.25, 0.3) is 11.5 Å². The highest BCUT2D eigenvalue weighted by Crippen LogP contribution is 2.36. The zero-order valence-electron chi connectivity index (χ0n) is 10.2. The molecule has 2 N–H and O–H groups in total. The van der Waals surface area contributed by atoms with Crippen molar-refractivity contribution in [1.82, 2.24) is 10.2 Å². The van der Waals surface area contributed by atoms with E-state index < -0.39 is 11.5 Å². The standard InChI is InChI=1S/C12H9Cl2N3O3/c1-20-11-7(14)4-6(13)5-9(11)15-12(19)8-2-3-10(18)17-16-8/h2-5H,1H3,(H,15,19)(H,17,18). The molecule has 6 nitrogen and oxygen atoms in total. The quantitative estimate of drug-likeness (QED) is 0.911. The number of nitrogens with one attached hydrogen (secondary N) is 2. The molecule has 2 aromatic rings. The molecule has 8 heteroatoms. The zero-order valence-corrected chi connectivity index (χ0v) is 11.7. The molecule has 1 aromatic carbocycles. The lowest BCUT2D eigenvalue weighted by atomic mass is 10.2. The van der Waals surface area contributed by atoms with Crippen LogP contribution in [0.5, 0.6) is 5.75 Å². The Kier molecular flexibility index (Phi) is 4.26. The fourth-order valence-electron chi connectivity index (χ4n) is 1.52. The first-order chi connectivity index (χ1) is 9.51. The first kappa shape index (κ1) is 14.4. The van der Waals surface area contributed by atoms with Gasteiger partial charge in [0.1, 0.15) is 5.69 Å². The molecule has 0 aliphatic carbocycles. The van der Waals surface area contributed by atoms with Gasteiger partial charge in [-0.05, 0) is 18.2 Å². The molecule has 0 aliphatic heterocycles. The van der Waals surface area contributed by atoms with E-state index in [1.807, 2.05) is 0 Å². The van der Waals surface area contributed by atoms with Crippen LogP contribution in [-0.2, 0) is 0 Å². The van der Waals surface area contributed by atoms with Crippen LogP contribution >= 0.6 is 23.2 Å². The largest absolute Gasteiger partial charge is 0.493 e. The van der Waals surface area contributed by atoms with Crippen molar-refractivity contribution in [2.45, 2.75) is 0 Å². The van der Waals surface area contributed by atoms with E-state index in [2.05, 4.69) is 15.5 Å². The molecule has 20 heavy (non-hydrogen) atoms. The molecule has 0 aliphatic rings. The number of methoxy groups -OCH3 is 1. The number of aromatic amines is 1. The number of hydrogen-bond acceptors (Lipinski definition) is 4. The third-order valence-electron chi connectivity index (χ3n) is 2.37. The summed E-state index contributed by atoms with van der Waals surface area (Å²) in [5.74, 6) is -0.244. The van der Waals surface area contributed by atoms with E-state index in [0.717, 1.165) is 0 Å². The summed E-state index contributed by atoms with van der Waals surface area (Å²) < 4.78 is 5.10. The molecule has 104 valence electrons. The molecule has 1 heterocycles. The van der Waals surface area contributed by atoms with Crippen LogP contribution in [0.1, 0.15) is 10.5 Å². The number of hydrogen-bond donors (Lipinski definition) is 2. The Labute approximate surface area is 123 Å². The maximum absolute atomic E-state index is 12.0. The van der Waals surface area contributed by atoms with Gasteiger partial charge in [-0.3, -0.25) is 9.59 Å². The summed E-state index contributed by atoms with van der Waals surface area (Å²) in [4.78, 5) is 22.9. The van der Waals surface area contributed by atoms with E-state index >= 15 is 0 Å². The Morgan fingerprint density at radius 2 is 2.10 bits per heavy atom. The first-order valence-corrected chi connectivity index (χ1v) is 6.17. The van der Waals surface area contributed by atoms with Crippen LogP contribution in [-0.4, -0.2) is 23.2 Å². The first-order valence-electron chi connectivity index (χ1n) is 5.41. The highest BCUT2D eigenvalue weighted by Gasteiger charge is 2.14. The molecule has 0 unspecified atom stereocenters. The van der Waals surface area contributed by atoms with Crippen molar-refractivity contribution in [2.24, 2.45) is 0 Å². The Bertz CT molecular complexity index is 695. The van der Waals surface area contributed by atoms with Crippen molar-refractivity contribution in [2.75, 3.05) is 12.4 Å². The Hall–Kier alpha value is -2.05. The molecule has 0 saturated carbocycles. The van der Waals surface area contributed by atoms with E-state index in [4.69, 9.17) is 27.9 Å². The van der Waals surface area contributed by atoms with Gasteiger partial charge in [0.2, 0.25) is 0 Å². The lowest BCUT2D eigenvalue weighted by Gasteiger charge is -2.11. The van der Waals surface area contributed by atoms with Crippen LogP contribution < -0.4 is 15.6 Å². The highest BCUT2D eigenvalue weighted by molar-refractivity contribution is 6.36. The number of halogens is 2. The Morgan fingerprint density at radius 3 is 2.70 bits per heavy atom. The smallest absolute Gasteiger partial charge is 0.276 e. The number of ether oxygens (including phenoxy) is 1. The average molecular weight is 314 g/mol. The van der Waals surface area contributed by atoms with Crippen LogP contribution in [0.4, 0.5) is 5.69 Å². The third-order valence-corrected chi connectivity index (χ3v) is 2.87. The number of nitrogens with zero attached hydrogens (tertiary/aromatic N) is 1. The maximum Gasteiger partial charge on any atom is 0.276 e. The van der Waals surface area contributed by atoms with Crippen LogP contribution in [0.2, 0.25) is 10.0 Å². The fraction of sp³-hybridized carbons (Fsp3) is 0.0833. The summed E-state index contributed by atoms with van der Waals surface area (Å²) in [5.41, 5.74) is -0.0457. The van der Waals surface area contributed by atoms with Crippen molar-refractivity contribution < 1.29 is 9.53 Å². The second-order valence-electron chi connectivity index (χ2n) is 3.73. The number of aromatic nitrogens is 2. The van der Waals surface area contributed by atoms with E-state index in [9.17, 15) is 9.59 Å². The summed E-state index contributed by atoms with van der Waals surface area (Å²) >= 11 is 11.8. The van der Waals surface area contributed by atoms with Crippen LogP contribution in [0.3, 0.4) is 0 Å². The minimum Gasteiger partial charge on any atom is -0.493 e. The zero-order chi connectivity index (χ0) is 14.7. The van der Waals surface area contributed by atoms with Crippen LogP contribution in [0.15, 0.2) is 29.1 Å². The molecule has 0 bridgehead atoms. The van der Waals surface area contributed by atoms with Gasteiger partial charge in [-0.1, -0.05) is 23.2 Å². The number of amides is 1. The summed E-state index contributed by atoms with van der Waals surface area (Å²) in [7, 11) is 1.42. The van der Waals surface area contributed by atoms with E-state index in [1.165, 1.54) is 31.4 Å². The van der Waals surface area contributed by atoms with E-state index in [1.54, 1.807) is 0 Å². The number of benzene rings is 1. The fourth-order valence-corrected chi connectivity index (χ4v) is 2.09. The summed E-state index contributed by atoms with van der Waals surface area (Å²) in [6.45, 7) is 0. The number of anilines is 1. The third kappa shape index (κ3) is 3.09. The number of H-pyrrole nitrogens is 1. The Balaban J connectivity index is 2.32. The molecule has 2 rings (SSSR count). The van der Waals surface area contributed by atoms with Crippen LogP contribution in [0.25, 0.3) is 0 Å². The average Bonchev–Trinajstić information content (AvgIpc) is 2.39. The predicted molar refractivity (Wildman–Crippen MR) is 75.8 cm³/mol.